The standard InChI is InChI=1S/C26H54O7/c1-11-14-17-21-29-33-25(27-10,30-22(4)5)18-15-16-19-26(28-20-12-2,31-23(6)13-3)32-24(7,8)9/h22-23H,11-21H2,1-10H3. The van der Waals surface area contributed by atoms with Gasteiger partial charge in [-0.2, -0.15) is 4.89 Å². The molecule has 0 bridgehead atoms. The lowest BCUT2D eigenvalue weighted by molar-refractivity contribution is -0.509. The summed E-state index contributed by atoms with van der Waals surface area (Å²) in [4.78, 5) is 11.1. The Labute approximate surface area is 204 Å². The van der Waals surface area contributed by atoms with E-state index in [0.717, 1.165) is 44.9 Å². The molecule has 0 aliphatic carbocycles. The van der Waals surface area contributed by atoms with Crippen LogP contribution in [0.2, 0.25) is 0 Å². The summed E-state index contributed by atoms with van der Waals surface area (Å²) in [6.45, 7) is 19.4. The van der Waals surface area contributed by atoms with Gasteiger partial charge in [0.05, 0.1) is 31.0 Å². The molecule has 0 radical (unpaired) electrons. The van der Waals surface area contributed by atoms with Crippen molar-refractivity contribution in [2.45, 2.75) is 150 Å². The van der Waals surface area contributed by atoms with Crippen molar-refractivity contribution in [1.29, 1.82) is 0 Å². The van der Waals surface area contributed by atoms with Crippen LogP contribution >= 0.6 is 0 Å². The fourth-order valence-electron chi connectivity index (χ4n) is 3.27. The zero-order valence-corrected chi connectivity index (χ0v) is 23.3. The zero-order chi connectivity index (χ0) is 25.4. The van der Waals surface area contributed by atoms with Gasteiger partial charge in [0.2, 0.25) is 0 Å². The lowest BCUT2D eigenvalue weighted by Crippen LogP contribution is -2.47. The van der Waals surface area contributed by atoms with E-state index >= 15 is 0 Å². The van der Waals surface area contributed by atoms with Gasteiger partial charge in [0.15, 0.2) is 0 Å². The van der Waals surface area contributed by atoms with Crippen molar-refractivity contribution in [2.24, 2.45) is 0 Å². The second-order valence-corrected chi connectivity index (χ2v) is 9.96. The van der Waals surface area contributed by atoms with Gasteiger partial charge in [0.25, 0.3) is 5.97 Å². The van der Waals surface area contributed by atoms with E-state index in [4.69, 9.17) is 33.5 Å². The number of rotatable bonds is 21. The first kappa shape index (κ1) is 32.7. The van der Waals surface area contributed by atoms with E-state index < -0.39 is 17.5 Å². The van der Waals surface area contributed by atoms with Crippen LogP contribution in [0.5, 0.6) is 0 Å². The molecule has 0 aliphatic heterocycles. The Kier molecular flexibility index (Phi) is 17.1. The van der Waals surface area contributed by atoms with E-state index in [1.807, 2.05) is 41.5 Å². The molecule has 0 aromatic carbocycles. The highest BCUT2D eigenvalue weighted by atomic mass is 17.3. The topological polar surface area (TPSA) is 64.6 Å². The number of hydrogen-bond acceptors (Lipinski definition) is 7. The first-order valence-electron chi connectivity index (χ1n) is 13.0. The maximum absolute atomic E-state index is 6.36. The second-order valence-electron chi connectivity index (χ2n) is 9.96. The lowest BCUT2D eigenvalue weighted by atomic mass is 10.1. The van der Waals surface area contributed by atoms with Crippen molar-refractivity contribution in [1.82, 2.24) is 0 Å². The number of methoxy groups -OCH3 is 1. The van der Waals surface area contributed by atoms with Crippen molar-refractivity contribution >= 4 is 0 Å². The quantitative estimate of drug-likeness (QED) is 0.0753. The Morgan fingerprint density at radius 1 is 0.727 bits per heavy atom. The van der Waals surface area contributed by atoms with Gasteiger partial charge in [-0.15, -0.1) is 0 Å². The van der Waals surface area contributed by atoms with E-state index in [9.17, 15) is 0 Å². The second kappa shape index (κ2) is 17.2. The Morgan fingerprint density at radius 3 is 1.85 bits per heavy atom. The van der Waals surface area contributed by atoms with Crippen LogP contribution in [0.3, 0.4) is 0 Å². The molecule has 33 heavy (non-hydrogen) atoms. The van der Waals surface area contributed by atoms with E-state index in [-0.39, 0.29) is 12.2 Å². The first-order chi connectivity index (χ1) is 15.5. The lowest BCUT2D eigenvalue weighted by Gasteiger charge is -2.40. The molecule has 7 heteroatoms. The number of ether oxygens (including phenoxy) is 5. The van der Waals surface area contributed by atoms with Gasteiger partial charge < -0.3 is 23.7 Å². The van der Waals surface area contributed by atoms with Gasteiger partial charge in [-0.1, -0.05) is 33.6 Å². The summed E-state index contributed by atoms with van der Waals surface area (Å²) >= 11 is 0. The summed E-state index contributed by atoms with van der Waals surface area (Å²) in [6, 6.07) is 0. The van der Waals surface area contributed by atoms with E-state index in [0.29, 0.717) is 26.1 Å². The Balaban J connectivity index is 5.21. The Hall–Kier alpha value is -0.280. The normalized spacial score (nSPS) is 17.2. The maximum atomic E-state index is 6.36. The number of hydrogen-bond donors (Lipinski definition) is 0. The summed E-state index contributed by atoms with van der Waals surface area (Å²) in [5.74, 6) is -2.33. The van der Waals surface area contributed by atoms with Crippen molar-refractivity contribution in [3.63, 3.8) is 0 Å². The summed E-state index contributed by atoms with van der Waals surface area (Å²) in [6.07, 6.45) is 7.50. The van der Waals surface area contributed by atoms with Crippen molar-refractivity contribution in [2.75, 3.05) is 20.3 Å². The highest BCUT2D eigenvalue weighted by Crippen LogP contribution is 2.32. The third-order valence-corrected chi connectivity index (χ3v) is 4.90. The number of unbranched alkanes of at least 4 members (excludes halogenated alkanes) is 3. The van der Waals surface area contributed by atoms with Crippen molar-refractivity contribution < 1.29 is 33.5 Å². The summed E-state index contributed by atoms with van der Waals surface area (Å²) in [7, 11) is 1.58. The van der Waals surface area contributed by atoms with Crippen LogP contribution in [-0.2, 0) is 33.5 Å². The average Bonchev–Trinajstić information content (AvgIpc) is 2.73. The Bertz CT molecular complexity index is 466. The molecular weight excluding hydrogens is 424 g/mol. The minimum atomic E-state index is -1.24. The van der Waals surface area contributed by atoms with Gasteiger partial charge in [0, 0.05) is 20.0 Å². The molecule has 0 N–H and O–H groups in total. The molecule has 0 spiro atoms. The molecule has 0 aliphatic rings. The maximum Gasteiger partial charge on any atom is 0.312 e. The smallest absolute Gasteiger partial charge is 0.312 e. The molecule has 200 valence electrons. The van der Waals surface area contributed by atoms with Gasteiger partial charge in [-0.3, -0.25) is 0 Å². The molecule has 0 fully saturated rings. The van der Waals surface area contributed by atoms with E-state index in [1.165, 1.54) is 0 Å². The third kappa shape index (κ3) is 15.4. The molecule has 0 saturated carbocycles. The predicted molar refractivity (Wildman–Crippen MR) is 132 cm³/mol. The molecule has 0 heterocycles. The van der Waals surface area contributed by atoms with Crippen molar-refractivity contribution in [3.05, 3.63) is 0 Å². The van der Waals surface area contributed by atoms with Crippen LogP contribution in [0.25, 0.3) is 0 Å². The van der Waals surface area contributed by atoms with E-state index in [1.54, 1.807) is 7.11 Å². The highest BCUT2D eigenvalue weighted by molar-refractivity contribution is 4.70. The monoisotopic (exact) mass is 478 g/mol. The van der Waals surface area contributed by atoms with Crippen LogP contribution in [0.4, 0.5) is 0 Å². The largest absolute Gasteiger partial charge is 0.329 e. The molecule has 0 aromatic heterocycles. The third-order valence-electron chi connectivity index (χ3n) is 4.90. The molecule has 7 nitrogen and oxygen atoms in total. The molecular formula is C26H54O7. The SMILES string of the molecule is CCCCCOOC(CCCCC(OCCC)(OC(C)CC)OC(C)(C)C)(OC)OC(C)C. The van der Waals surface area contributed by atoms with E-state index in [2.05, 4.69) is 20.8 Å². The molecule has 3 unspecified atom stereocenters. The predicted octanol–water partition coefficient (Wildman–Crippen LogP) is 7.12. The first-order valence-corrected chi connectivity index (χ1v) is 13.0. The molecule has 3 atom stereocenters. The van der Waals surface area contributed by atoms with Gasteiger partial charge in [0.1, 0.15) is 0 Å². The summed E-state index contributed by atoms with van der Waals surface area (Å²) in [5, 5.41) is 0. The summed E-state index contributed by atoms with van der Waals surface area (Å²) in [5.41, 5.74) is -0.409. The van der Waals surface area contributed by atoms with Crippen LogP contribution in [0.15, 0.2) is 0 Å². The average molecular weight is 479 g/mol. The minimum absolute atomic E-state index is 0.0198. The highest BCUT2D eigenvalue weighted by Gasteiger charge is 2.40. The van der Waals surface area contributed by atoms with Crippen LogP contribution in [-0.4, -0.2) is 50.1 Å². The fraction of sp³-hybridized carbons (Fsp3) is 1.00. The summed E-state index contributed by atoms with van der Waals surface area (Å²) < 4.78 is 30.5. The van der Waals surface area contributed by atoms with Gasteiger partial charge >= 0.3 is 5.97 Å². The molecule has 0 rings (SSSR count). The molecule has 0 saturated heterocycles. The minimum Gasteiger partial charge on any atom is -0.329 e. The van der Waals surface area contributed by atoms with Crippen LogP contribution in [0.1, 0.15) is 120 Å². The Morgan fingerprint density at radius 2 is 1.36 bits per heavy atom. The van der Waals surface area contributed by atoms with Crippen molar-refractivity contribution in [3.8, 4) is 0 Å². The molecule has 0 amide bonds. The van der Waals surface area contributed by atoms with Crippen LogP contribution < -0.4 is 0 Å². The van der Waals surface area contributed by atoms with Gasteiger partial charge in [-0.25, -0.2) is 4.89 Å². The fourth-order valence-corrected chi connectivity index (χ4v) is 3.27. The van der Waals surface area contributed by atoms with Gasteiger partial charge in [-0.05, 0) is 73.6 Å². The zero-order valence-electron chi connectivity index (χ0n) is 23.3. The van der Waals surface area contributed by atoms with Crippen LogP contribution in [0, 0.1) is 0 Å². The molecule has 0 aromatic rings.